The summed E-state index contributed by atoms with van der Waals surface area (Å²) in [5, 5.41) is 3.44. The van der Waals surface area contributed by atoms with Crippen LogP contribution in [0.1, 0.15) is 19.5 Å². The number of nitrogens with zero attached hydrogens (tertiary/aromatic N) is 2. The second-order valence-electron chi connectivity index (χ2n) is 4.48. The normalized spacial score (nSPS) is 13.7. The smallest absolute Gasteiger partial charge is 0.0922 e. The number of imidazole rings is 1. The lowest BCUT2D eigenvalue weighted by Gasteiger charge is -2.28. The minimum absolute atomic E-state index is 0.577. The Bertz CT molecular complexity index is 246. The van der Waals surface area contributed by atoms with Crippen LogP contribution >= 0.6 is 0 Å². The highest BCUT2D eigenvalue weighted by Gasteiger charge is 2.14. The molecule has 0 saturated heterocycles. The highest BCUT2D eigenvalue weighted by molar-refractivity contribution is 4.93. The van der Waals surface area contributed by atoms with Gasteiger partial charge in [-0.25, -0.2) is 4.98 Å². The van der Waals surface area contributed by atoms with Gasteiger partial charge in [0.25, 0.3) is 0 Å². The van der Waals surface area contributed by atoms with E-state index in [4.69, 9.17) is 0 Å². The molecule has 4 nitrogen and oxygen atoms in total. The number of hydrogen-bond acceptors (Lipinski definition) is 3. The fraction of sp³-hybridized carbons (Fsp3) is 0.727. The van der Waals surface area contributed by atoms with E-state index in [1.807, 2.05) is 6.20 Å². The lowest BCUT2D eigenvalue weighted by molar-refractivity contribution is 0.224. The van der Waals surface area contributed by atoms with Crippen LogP contribution in [0.4, 0.5) is 0 Å². The number of aromatic amines is 1. The van der Waals surface area contributed by atoms with Gasteiger partial charge in [-0.15, -0.1) is 0 Å². The molecule has 4 heteroatoms. The van der Waals surface area contributed by atoms with E-state index in [9.17, 15) is 0 Å². The van der Waals surface area contributed by atoms with E-state index in [0.717, 1.165) is 18.8 Å². The molecule has 0 aliphatic heterocycles. The van der Waals surface area contributed by atoms with Gasteiger partial charge in [-0.3, -0.25) is 0 Å². The van der Waals surface area contributed by atoms with E-state index >= 15 is 0 Å². The van der Waals surface area contributed by atoms with E-state index in [-0.39, 0.29) is 0 Å². The van der Waals surface area contributed by atoms with E-state index in [1.165, 1.54) is 0 Å². The first-order chi connectivity index (χ1) is 7.11. The first kappa shape index (κ1) is 12.2. The number of nitrogens with one attached hydrogen (secondary N) is 2. The van der Waals surface area contributed by atoms with Gasteiger partial charge in [0.05, 0.1) is 6.33 Å². The van der Waals surface area contributed by atoms with Crippen molar-refractivity contribution in [2.75, 3.05) is 20.6 Å². The third-order valence-corrected chi connectivity index (χ3v) is 2.66. The van der Waals surface area contributed by atoms with Crippen molar-refractivity contribution >= 4 is 0 Å². The Morgan fingerprint density at radius 1 is 1.47 bits per heavy atom. The van der Waals surface area contributed by atoms with E-state index in [2.05, 4.69) is 48.1 Å². The Morgan fingerprint density at radius 2 is 2.20 bits per heavy atom. The molecule has 15 heavy (non-hydrogen) atoms. The molecule has 1 aromatic rings. The molecule has 0 fully saturated rings. The van der Waals surface area contributed by atoms with Crippen molar-refractivity contribution in [3.05, 3.63) is 18.2 Å². The highest BCUT2D eigenvalue weighted by atomic mass is 15.1. The monoisotopic (exact) mass is 210 g/mol. The summed E-state index contributed by atoms with van der Waals surface area (Å²) < 4.78 is 0. The second kappa shape index (κ2) is 5.88. The van der Waals surface area contributed by atoms with Crippen molar-refractivity contribution < 1.29 is 0 Å². The SMILES string of the molecule is CC(C)C(CNCc1cnc[nH]1)N(C)C. The van der Waals surface area contributed by atoms with Crippen molar-refractivity contribution in [2.45, 2.75) is 26.4 Å². The first-order valence-electron chi connectivity index (χ1n) is 5.45. The Hall–Kier alpha value is -0.870. The summed E-state index contributed by atoms with van der Waals surface area (Å²) in [6.45, 7) is 6.37. The molecule has 0 radical (unpaired) electrons. The maximum Gasteiger partial charge on any atom is 0.0922 e. The van der Waals surface area contributed by atoms with Crippen LogP contribution < -0.4 is 5.32 Å². The highest BCUT2D eigenvalue weighted by Crippen LogP contribution is 2.06. The molecular weight excluding hydrogens is 188 g/mol. The fourth-order valence-electron chi connectivity index (χ4n) is 1.75. The predicted molar refractivity (Wildman–Crippen MR) is 62.6 cm³/mol. The molecule has 2 N–H and O–H groups in total. The van der Waals surface area contributed by atoms with Crippen molar-refractivity contribution in [3.63, 3.8) is 0 Å². The number of aromatic nitrogens is 2. The molecule has 0 spiro atoms. The van der Waals surface area contributed by atoms with Gasteiger partial charge in [-0.1, -0.05) is 13.8 Å². The number of hydrogen-bond donors (Lipinski definition) is 2. The van der Waals surface area contributed by atoms with Gasteiger partial charge in [-0.05, 0) is 20.0 Å². The van der Waals surface area contributed by atoms with Crippen molar-refractivity contribution in [2.24, 2.45) is 5.92 Å². The zero-order valence-corrected chi connectivity index (χ0v) is 10.1. The van der Waals surface area contributed by atoms with E-state index in [0.29, 0.717) is 12.0 Å². The lowest BCUT2D eigenvalue weighted by Crippen LogP contribution is -2.41. The van der Waals surface area contributed by atoms with Crippen LogP contribution in [-0.4, -0.2) is 41.5 Å². The Balaban J connectivity index is 2.28. The summed E-state index contributed by atoms with van der Waals surface area (Å²) in [4.78, 5) is 9.33. The first-order valence-corrected chi connectivity index (χ1v) is 5.45. The number of H-pyrrole nitrogens is 1. The third kappa shape index (κ3) is 4.01. The predicted octanol–water partition coefficient (Wildman–Crippen LogP) is 1.09. The van der Waals surface area contributed by atoms with Crippen molar-refractivity contribution in [3.8, 4) is 0 Å². The van der Waals surface area contributed by atoms with Gasteiger partial charge < -0.3 is 15.2 Å². The summed E-state index contributed by atoms with van der Waals surface area (Å²) in [6, 6.07) is 0.577. The molecule has 1 aromatic heterocycles. The molecule has 0 amide bonds. The molecule has 0 aromatic carbocycles. The Kier molecular flexibility index (Phi) is 4.78. The standard InChI is InChI=1S/C11H22N4/c1-9(2)11(15(3)4)7-12-5-10-6-13-8-14-10/h6,8-9,11-12H,5,7H2,1-4H3,(H,13,14). The Labute approximate surface area is 92.1 Å². The third-order valence-electron chi connectivity index (χ3n) is 2.66. The van der Waals surface area contributed by atoms with Crippen LogP contribution in [0, 0.1) is 5.92 Å². The van der Waals surface area contributed by atoms with Crippen molar-refractivity contribution in [1.29, 1.82) is 0 Å². The molecule has 0 bridgehead atoms. The minimum atomic E-state index is 0.577. The van der Waals surface area contributed by atoms with Crippen LogP contribution in [0.5, 0.6) is 0 Å². The maximum absolute atomic E-state index is 3.98. The van der Waals surface area contributed by atoms with E-state index < -0.39 is 0 Å². The Morgan fingerprint density at radius 3 is 2.67 bits per heavy atom. The summed E-state index contributed by atoms with van der Waals surface area (Å²) >= 11 is 0. The largest absolute Gasteiger partial charge is 0.347 e. The summed E-state index contributed by atoms with van der Waals surface area (Å²) in [7, 11) is 4.26. The quantitative estimate of drug-likeness (QED) is 0.738. The van der Waals surface area contributed by atoms with Crippen LogP contribution in [0.2, 0.25) is 0 Å². The van der Waals surface area contributed by atoms with Crippen LogP contribution in [-0.2, 0) is 6.54 Å². The average molecular weight is 210 g/mol. The molecule has 1 unspecified atom stereocenters. The van der Waals surface area contributed by atoms with E-state index in [1.54, 1.807) is 6.33 Å². The lowest BCUT2D eigenvalue weighted by atomic mass is 10.0. The molecular formula is C11H22N4. The van der Waals surface area contributed by atoms with Gasteiger partial charge in [0.2, 0.25) is 0 Å². The zero-order chi connectivity index (χ0) is 11.3. The molecule has 0 aliphatic carbocycles. The van der Waals surface area contributed by atoms with Crippen LogP contribution in [0.3, 0.4) is 0 Å². The molecule has 86 valence electrons. The van der Waals surface area contributed by atoms with Crippen LogP contribution in [0.25, 0.3) is 0 Å². The zero-order valence-electron chi connectivity index (χ0n) is 10.1. The molecule has 1 rings (SSSR count). The molecule has 1 heterocycles. The van der Waals surface area contributed by atoms with Gasteiger partial charge in [0, 0.05) is 31.0 Å². The van der Waals surface area contributed by atoms with Gasteiger partial charge >= 0.3 is 0 Å². The minimum Gasteiger partial charge on any atom is -0.347 e. The fourth-order valence-corrected chi connectivity index (χ4v) is 1.75. The number of rotatable bonds is 6. The molecule has 0 saturated carbocycles. The van der Waals surface area contributed by atoms with Gasteiger partial charge in [0.1, 0.15) is 0 Å². The summed E-state index contributed by atoms with van der Waals surface area (Å²) in [5.74, 6) is 0.661. The summed E-state index contributed by atoms with van der Waals surface area (Å²) in [5.41, 5.74) is 1.14. The summed E-state index contributed by atoms with van der Waals surface area (Å²) in [6.07, 6.45) is 3.57. The van der Waals surface area contributed by atoms with Crippen LogP contribution in [0.15, 0.2) is 12.5 Å². The second-order valence-corrected chi connectivity index (χ2v) is 4.48. The van der Waals surface area contributed by atoms with Gasteiger partial charge in [-0.2, -0.15) is 0 Å². The molecule has 0 aliphatic rings. The topological polar surface area (TPSA) is 44.0 Å². The maximum atomic E-state index is 3.98. The van der Waals surface area contributed by atoms with Crippen molar-refractivity contribution in [1.82, 2.24) is 20.2 Å². The average Bonchev–Trinajstić information content (AvgIpc) is 2.63. The van der Waals surface area contributed by atoms with Gasteiger partial charge in [0.15, 0.2) is 0 Å². The number of likely N-dealkylation sites (N-methyl/N-ethyl adjacent to an activating group) is 1. The molecule has 1 atom stereocenters.